The Balaban J connectivity index is 1.75. The lowest BCUT2D eigenvalue weighted by Crippen LogP contribution is -2.45. The number of halogens is 1. The first kappa shape index (κ1) is 10.8. The molecular weight excluding hydrogens is 231 g/mol. The van der Waals surface area contributed by atoms with Crippen LogP contribution in [0.15, 0.2) is 18.2 Å². The molecule has 1 heterocycles. The van der Waals surface area contributed by atoms with Gasteiger partial charge in [0.2, 0.25) is 0 Å². The Morgan fingerprint density at radius 3 is 2.89 bits per heavy atom. The van der Waals surface area contributed by atoms with Gasteiger partial charge in [0.1, 0.15) is 17.2 Å². The van der Waals surface area contributed by atoms with E-state index in [9.17, 15) is 9.50 Å². The van der Waals surface area contributed by atoms with Crippen molar-refractivity contribution in [3.05, 3.63) is 29.6 Å². The van der Waals surface area contributed by atoms with Gasteiger partial charge in [0, 0.05) is 18.1 Å². The maximum absolute atomic E-state index is 13.3. The predicted molar refractivity (Wildman–Crippen MR) is 64.8 cm³/mol. The number of hydrogen-bond donors (Lipinski definition) is 1. The molecule has 2 saturated carbocycles. The second-order valence-corrected chi connectivity index (χ2v) is 6.15. The molecule has 1 aromatic rings. The molecule has 96 valence electrons. The summed E-state index contributed by atoms with van der Waals surface area (Å²) < 4.78 is 19.5. The van der Waals surface area contributed by atoms with Crippen LogP contribution in [0.2, 0.25) is 0 Å². The summed E-state index contributed by atoms with van der Waals surface area (Å²) in [4.78, 5) is 0. The quantitative estimate of drug-likeness (QED) is 0.764. The van der Waals surface area contributed by atoms with Crippen molar-refractivity contribution in [1.29, 1.82) is 0 Å². The van der Waals surface area contributed by atoms with Crippen molar-refractivity contribution in [2.24, 2.45) is 11.8 Å². The number of fused-ring (bicyclic) bond motifs is 4. The molecule has 1 aliphatic heterocycles. The van der Waals surface area contributed by atoms with Crippen molar-refractivity contribution in [3.8, 4) is 5.75 Å². The van der Waals surface area contributed by atoms with E-state index >= 15 is 0 Å². The summed E-state index contributed by atoms with van der Waals surface area (Å²) in [6, 6.07) is 4.46. The molecule has 4 atom stereocenters. The monoisotopic (exact) mass is 248 g/mol. The molecule has 0 aromatic heterocycles. The Hall–Kier alpha value is -1.09. The van der Waals surface area contributed by atoms with Crippen molar-refractivity contribution < 1.29 is 14.2 Å². The predicted octanol–water partition coefficient (Wildman–Crippen LogP) is 3.20. The highest BCUT2D eigenvalue weighted by atomic mass is 19.1. The molecule has 2 nitrogen and oxygen atoms in total. The molecule has 0 radical (unpaired) electrons. The summed E-state index contributed by atoms with van der Waals surface area (Å²) in [5, 5.41) is 10.3. The fourth-order valence-electron chi connectivity index (χ4n) is 4.34. The molecule has 4 rings (SSSR count). The number of aliphatic hydroxyl groups is 1. The Bertz CT molecular complexity index is 501. The molecule has 1 N–H and O–H groups in total. The normalized spacial score (nSPS) is 40.9. The number of hydrogen-bond acceptors (Lipinski definition) is 2. The first-order chi connectivity index (χ1) is 8.66. The summed E-state index contributed by atoms with van der Waals surface area (Å²) in [6.07, 6.45) is 4.91. The van der Waals surface area contributed by atoms with Gasteiger partial charge in [0.05, 0.1) is 6.10 Å². The van der Waals surface area contributed by atoms with E-state index in [1.165, 1.54) is 31.4 Å². The maximum atomic E-state index is 13.3. The third kappa shape index (κ3) is 1.37. The van der Waals surface area contributed by atoms with Gasteiger partial charge in [0.25, 0.3) is 0 Å². The fraction of sp³-hybridized carbons (Fsp3) is 0.600. The van der Waals surface area contributed by atoms with Gasteiger partial charge in [-0.3, -0.25) is 0 Å². The molecule has 3 aliphatic rings. The largest absolute Gasteiger partial charge is 0.486 e. The SMILES string of the molecule is O[C@@H]1CC2(CC3CCC2C3)Oc2cc(F)ccc21. The van der Waals surface area contributed by atoms with Gasteiger partial charge in [-0.1, -0.05) is 0 Å². The second kappa shape index (κ2) is 3.47. The summed E-state index contributed by atoms with van der Waals surface area (Å²) >= 11 is 0. The topological polar surface area (TPSA) is 29.5 Å². The van der Waals surface area contributed by atoms with Crippen LogP contribution in [0.25, 0.3) is 0 Å². The first-order valence-electron chi connectivity index (χ1n) is 6.83. The summed E-state index contributed by atoms with van der Waals surface area (Å²) in [5.41, 5.74) is 0.521. The van der Waals surface area contributed by atoms with Gasteiger partial charge >= 0.3 is 0 Å². The Kier molecular flexibility index (Phi) is 2.08. The van der Waals surface area contributed by atoms with Crippen LogP contribution >= 0.6 is 0 Å². The van der Waals surface area contributed by atoms with E-state index in [0.717, 1.165) is 17.9 Å². The van der Waals surface area contributed by atoms with E-state index in [1.54, 1.807) is 6.07 Å². The minimum Gasteiger partial charge on any atom is -0.486 e. The Morgan fingerprint density at radius 2 is 2.17 bits per heavy atom. The van der Waals surface area contributed by atoms with E-state index in [1.807, 2.05) is 0 Å². The zero-order chi connectivity index (χ0) is 12.3. The van der Waals surface area contributed by atoms with E-state index in [-0.39, 0.29) is 11.4 Å². The second-order valence-electron chi connectivity index (χ2n) is 6.15. The van der Waals surface area contributed by atoms with Crippen LogP contribution in [0.4, 0.5) is 4.39 Å². The van der Waals surface area contributed by atoms with Crippen LogP contribution in [0.1, 0.15) is 43.8 Å². The molecule has 3 heteroatoms. The lowest BCUT2D eigenvalue weighted by Gasteiger charge is -2.43. The van der Waals surface area contributed by atoms with Crippen LogP contribution in [-0.2, 0) is 0 Å². The van der Waals surface area contributed by atoms with Crippen molar-refractivity contribution in [3.63, 3.8) is 0 Å². The van der Waals surface area contributed by atoms with E-state index < -0.39 is 6.10 Å². The van der Waals surface area contributed by atoms with Crippen molar-refractivity contribution in [1.82, 2.24) is 0 Å². The molecule has 2 bridgehead atoms. The highest BCUT2D eigenvalue weighted by Gasteiger charge is 2.55. The molecule has 18 heavy (non-hydrogen) atoms. The molecule has 0 amide bonds. The number of aliphatic hydroxyl groups excluding tert-OH is 1. The lowest BCUT2D eigenvalue weighted by molar-refractivity contribution is -0.0511. The van der Waals surface area contributed by atoms with E-state index in [0.29, 0.717) is 18.1 Å². The van der Waals surface area contributed by atoms with Crippen LogP contribution in [0.5, 0.6) is 5.75 Å². The van der Waals surface area contributed by atoms with Crippen LogP contribution in [0.3, 0.4) is 0 Å². The Labute approximate surface area is 106 Å². The highest BCUT2D eigenvalue weighted by molar-refractivity contribution is 5.39. The molecule has 2 fully saturated rings. The first-order valence-corrected chi connectivity index (χ1v) is 6.83. The molecular formula is C15H17FO2. The van der Waals surface area contributed by atoms with Crippen LogP contribution in [0, 0.1) is 17.7 Å². The lowest BCUT2D eigenvalue weighted by atomic mass is 9.77. The third-order valence-electron chi connectivity index (χ3n) is 5.11. The van der Waals surface area contributed by atoms with Gasteiger partial charge < -0.3 is 9.84 Å². The number of benzene rings is 1. The van der Waals surface area contributed by atoms with Gasteiger partial charge in [0.15, 0.2) is 0 Å². The molecule has 2 aliphatic carbocycles. The van der Waals surface area contributed by atoms with E-state index in [2.05, 4.69) is 0 Å². The molecule has 1 aromatic carbocycles. The third-order valence-corrected chi connectivity index (χ3v) is 5.11. The number of rotatable bonds is 0. The van der Waals surface area contributed by atoms with Gasteiger partial charge in [-0.05, 0) is 49.7 Å². The minimum atomic E-state index is -0.506. The van der Waals surface area contributed by atoms with Crippen molar-refractivity contribution in [2.75, 3.05) is 0 Å². The molecule has 3 unspecified atom stereocenters. The minimum absolute atomic E-state index is 0.219. The summed E-state index contributed by atoms with van der Waals surface area (Å²) in [6.45, 7) is 0. The standard InChI is InChI=1S/C15H17FO2/c16-11-3-4-12-13(17)8-15(18-14(12)6-11)7-9-1-2-10(15)5-9/h3-4,6,9-10,13,17H,1-2,5,7-8H2/t9?,10?,13-,15?/m1/s1. The zero-order valence-corrected chi connectivity index (χ0v) is 10.2. The van der Waals surface area contributed by atoms with Crippen LogP contribution < -0.4 is 4.74 Å². The average Bonchev–Trinajstić information content (AvgIpc) is 2.88. The van der Waals surface area contributed by atoms with E-state index in [4.69, 9.17) is 4.74 Å². The Morgan fingerprint density at radius 1 is 1.28 bits per heavy atom. The molecule has 0 saturated heterocycles. The average molecular weight is 248 g/mol. The van der Waals surface area contributed by atoms with Gasteiger partial charge in [-0.2, -0.15) is 0 Å². The summed E-state index contributed by atoms with van der Waals surface area (Å²) in [5.74, 6) is 1.56. The highest BCUT2D eigenvalue weighted by Crippen LogP contribution is 2.57. The van der Waals surface area contributed by atoms with Crippen LogP contribution in [-0.4, -0.2) is 10.7 Å². The number of ether oxygens (including phenoxy) is 1. The molecule has 1 spiro atoms. The zero-order valence-electron chi connectivity index (χ0n) is 10.2. The summed E-state index contributed by atoms with van der Waals surface area (Å²) in [7, 11) is 0. The van der Waals surface area contributed by atoms with Crippen molar-refractivity contribution >= 4 is 0 Å². The van der Waals surface area contributed by atoms with Gasteiger partial charge in [-0.25, -0.2) is 4.39 Å². The van der Waals surface area contributed by atoms with Gasteiger partial charge in [-0.15, -0.1) is 0 Å². The maximum Gasteiger partial charge on any atom is 0.128 e. The van der Waals surface area contributed by atoms with Crippen molar-refractivity contribution in [2.45, 2.75) is 43.8 Å². The smallest absolute Gasteiger partial charge is 0.128 e. The fourth-order valence-corrected chi connectivity index (χ4v) is 4.34.